The molecule has 0 aromatic heterocycles. The molecule has 0 aliphatic carbocycles. The Morgan fingerprint density at radius 2 is 0.746 bits per heavy atom. The van der Waals surface area contributed by atoms with Crippen molar-refractivity contribution in [2.45, 2.75) is 306 Å². The number of aliphatic hydroxyl groups excluding tert-OH is 3. The molecule has 4 aromatic carbocycles. The van der Waals surface area contributed by atoms with Crippen molar-refractivity contribution in [3.8, 4) is 11.5 Å². The van der Waals surface area contributed by atoms with Gasteiger partial charge in [-0.1, -0.05) is 142 Å². The highest BCUT2D eigenvalue weighted by molar-refractivity contribution is 5.91. The van der Waals surface area contributed by atoms with E-state index in [1.807, 2.05) is 146 Å². The fraction of sp³-hybridized carbons (Fsp3) is 0.667. The van der Waals surface area contributed by atoms with Gasteiger partial charge < -0.3 is 108 Å². The fourth-order valence-corrected chi connectivity index (χ4v) is 17.4. The van der Waals surface area contributed by atoms with Crippen LogP contribution < -0.4 is 30.7 Å². The highest BCUT2D eigenvalue weighted by Crippen LogP contribution is 2.45. The van der Waals surface area contributed by atoms with Gasteiger partial charge in [0.2, 0.25) is 23.6 Å². The van der Waals surface area contributed by atoms with Crippen LogP contribution in [0.3, 0.4) is 0 Å². The van der Waals surface area contributed by atoms with Crippen molar-refractivity contribution in [1.29, 1.82) is 0 Å². The second kappa shape index (κ2) is 65.8. The second-order valence-electron chi connectivity index (χ2n) is 36.4. The van der Waals surface area contributed by atoms with Crippen molar-refractivity contribution in [2.24, 2.45) is 40.9 Å². The predicted molar refractivity (Wildman–Crippen MR) is 517 cm³/mol. The molecule has 33 heteroatoms. The zero-order valence-electron chi connectivity index (χ0n) is 84.5. The topological polar surface area (TPSA) is 435 Å². The summed E-state index contributed by atoms with van der Waals surface area (Å²) in [5.74, 6) is 0.351. The van der Waals surface area contributed by atoms with Gasteiger partial charge >= 0.3 is 17.9 Å². The van der Waals surface area contributed by atoms with E-state index >= 15 is 0 Å². The summed E-state index contributed by atoms with van der Waals surface area (Å²) in [7, 11) is 3.26. The molecule has 15 atom stereocenters. The highest BCUT2D eigenvalue weighted by Gasteiger charge is 2.47. The summed E-state index contributed by atoms with van der Waals surface area (Å²) in [6.07, 6.45) is 8.12. The number of esters is 3. The summed E-state index contributed by atoms with van der Waals surface area (Å²) in [6.45, 7) is 26.7. The molecule has 0 radical (unpaired) electrons. The number of anilines is 1. The molecular weight excluding hydrogens is 1780 g/mol. The number of nitrogens with one attached hydrogen (secondary N) is 4. The fourth-order valence-electron chi connectivity index (χ4n) is 17.4. The largest absolute Gasteiger partial charge is 0.497 e. The van der Waals surface area contributed by atoms with Gasteiger partial charge in [0.05, 0.1) is 130 Å². The lowest BCUT2D eigenvalue weighted by Crippen LogP contribution is -2.58. The minimum Gasteiger partial charge on any atom is -0.497 e. The van der Waals surface area contributed by atoms with Crippen molar-refractivity contribution in [3.63, 3.8) is 0 Å². The van der Waals surface area contributed by atoms with Gasteiger partial charge in [-0.2, -0.15) is 0 Å². The van der Waals surface area contributed by atoms with Gasteiger partial charge in [0, 0.05) is 112 Å². The van der Waals surface area contributed by atoms with Crippen molar-refractivity contribution in [2.75, 3.05) is 112 Å². The number of hydrogen-bond acceptors (Lipinski definition) is 29. The molecule has 774 valence electrons. The van der Waals surface area contributed by atoms with Gasteiger partial charge in [-0.3, -0.25) is 52.7 Å². The van der Waals surface area contributed by atoms with Gasteiger partial charge in [0.15, 0.2) is 18.9 Å². The quantitative estimate of drug-likeness (QED) is 0.00934. The number of aliphatic hydroxyl groups is 3. The molecule has 3 saturated heterocycles. The molecule has 33 nitrogen and oxygen atoms in total. The van der Waals surface area contributed by atoms with Crippen LogP contribution >= 0.6 is 0 Å². The first-order valence-corrected chi connectivity index (χ1v) is 49.2. The van der Waals surface area contributed by atoms with Gasteiger partial charge in [0.25, 0.3) is 0 Å². The Morgan fingerprint density at radius 1 is 0.384 bits per heavy atom. The SMILES string of the molecule is CC(=O)NC1C(OCCO)OC(COC(C)=O)C(C)C1C.CC(=O)NC1C(OCCO)OC(COC(C)=O)C(C)C1C.CCCC(=O)CCC(CCC(=O)CCC)(CCC(=O)CCCOCCOCCOCCOC1OC(COC(C)=O)C(C)C(C)C1NC(C)=O)CC(=O)CCCCCCCCC(=O)Nc1cc(CO)cc(COC(c2ccccc2)(c2ccc(OC)cc2)c2ccc(OC)cc2)c1. The Morgan fingerprint density at radius 3 is 1.13 bits per heavy atom. The second-order valence-corrected chi connectivity index (χ2v) is 36.4. The van der Waals surface area contributed by atoms with Crippen molar-refractivity contribution < 1.29 is 139 Å². The number of ether oxygens (including phenoxy) is 15. The van der Waals surface area contributed by atoms with Crippen LogP contribution in [0.2, 0.25) is 0 Å². The zero-order valence-corrected chi connectivity index (χ0v) is 84.5. The third-order valence-electron chi connectivity index (χ3n) is 25.6. The molecule has 0 spiro atoms. The van der Waals surface area contributed by atoms with Crippen molar-refractivity contribution >= 4 is 70.4 Å². The van der Waals surface area contributed by atoms with Gasteiger partial charge in [-0.25, -0.2) is 0 Å². The Bertz CT molecular complexity index is 4110. The first kappa shape index (κ1) is 119. The molecule has 15 unspecified atom stereocenters. The van der Waals surface area contributed by atoms with Crippen LogP contribution in [0.15, 0.2) is 97.1 Å². The van der Waals surface area contributed by atoms with Gasteiger partial charge in [-0.15, -0.1) is 0 Å². The lowest BCUT2D eigenvalue weighted by Gasteiger charge is -2.44. The van der Waals surface area contributed by atoms with E-state index in [2.05, 4.69) is 21.3 Å². The summed E-state index contributed by atoms with van der Waals surface area (Å²) < 4.78 is 85.2. The molecule has 0 bridgehead atoms. The summed E-state index contributed by atoms with van der Waals surface area (Å²) in [6, 6.07) is 30.2. The number of hydrogen-bond donors (Lipinski definition) is 7. The lowest BCUT2D eigenvalue weighted by atomic mass is 9.70. The molecule has 7 N–H and O–H groups in total. The molecule has 7 rings (SSSR count). The molecule has 3 heterocycles. The average Bonchev–Trinajstić information content (AvgIpc) is 0.749. The molecule has 138 heavy (non-hydrogen) atoms. The van der Waals surface area contributed by atoms with Crippen LogP contribution in [0.1, 0.15) is 260 Å². The molecule has 0 saturated carbocycles. The summed E-state index contributed by atoms with van der Waals surface area (Å²) >= 11 is 0. The molecule has 3 aliphatic rings. The number of rotatable bonds is 63. The van der Waals surface area contributed by atoms with E-state index in [9.17, 15) is 57.8 Å². The maximum absolute atomic E-state index is 13.9. The zero-order chi connectivity index (χ0) is 102. The predicted octanol–water partition coefficient (Wildman–Crippen LogP) is 13.4. The van der Waals surface area contributed by atoms with Crippen LogP contribution in [0.4, 0.5) is 5.69 Å². The maximum Gasteiger partial charge on any atom is 0.302 e. The number of benzene rings is 4. The van der Waals surface area contributed by atoms with Gasteiger partial charge in [0.1, 0.15) is 60.1 Å². The van der Waals surface area contributed by atoms with Crippen molar-refractivity contribution in [1.82, 2.24) is 16.0 Å². The van der Waals surface area contributed by atoms with Gasteiger partial charge in [-0.05, 0) is 157 Å². The summed E-state index contributed by atoms with van der Waals surface area (Å²) in [5.41, 5.74) is 2.94. The van der Waals surface area contributed by atoms with E-state index in [0.717, 1.165) is 60.8 Å². The Balaban J connectivity index is 0.000000648. The number of ketones is 4. The molecular formula is C105H160N4O29. The Hall–Kier alpha value is -9.07. The Kier molecular flexibility index (Phi) is 57.0. The van der Waals surface area contributed by atoms with E-state index in [-0.39, 0.29) is 216 Å². The number of methoxy groups -OCH3 is 2. The Labute approximate surface area is 816 Å². The van der Waals surface area contributed by atoms with Crippen LogP contribution in [0.5, 0.6) is 11.5 Å². The minimum atomic E-state index is -1.06. The average molecular weight is 1940 g/mol. The highest BCUT2D eigenvalue weighted by atomic mass is 16.7. The normalized spacial score (nSPS) is 21.3. The number of carbonyl (C=O) groups excluding carboxylic acids is 11. The number of unbranched alkanes of at least 4 members (excludes halogenated alkanes) is 5. The third-order valence-corrected chi connectivity index (χ3v) is 25.6. The number of amides is 4. The van der Waals surface area contributed by atoms with E-state index in [4.69, 9.17) is 81.3 Å². The number of carbonyl (C=O) groups is 11. The van der Waals surface area contributed by atoms with E-state index < -0.39 is 35.9 Å². The minimum absolute atomic E-state index is 0.000278. The van der Waals surface area contributed by atoms with E-state index in [1.165, 1.54) is 41.5 Å². The van der Waals surface area contributed by atoms with Crippen molar-refractivity contribution in [3.05, 3.63) is 125 Å². The monoisotopic (exact) mass is 1940 g/mol. The molecule has 4 aromatic rings. The lowest BCUT2D eigenvalue weighted by molar-refractivity contribution is -0.247. The van der Waals surface area contributed by atoms with Crippen LogP contribution in [-0.2, 0) is 133 Å². The van der Waals surface area contributed by atoms with Crippen LogP contribution in [0.25, 0.3) is 0 Å². The summed E-state index contributed by atoms with van der Waals surface area (Å²) in [4.78, 5) is 135. The molecule has 4 amide bonds. The van der Waals surface area contributed by atoms with Crippen LogP contribution in [-0.4, -0.2) is 242 Å². The third kappa shape index (κ3) is 43.2. The van der Waals surface area contributed by atoms with E-state index in [1.54, 1.807) is 20.3 Å². The standard InChI is InChI=1S/C77H110N2O17.2C14H25NO6/c1-9-21-66(83)36-39-76(40-37-67(84)22-10-2,41-38-68(85)26-20-42-90-43-44-91-45-46-92-47-48-93-75-74(78-58(5)81)57(4)56(3)72(96-75)55-94-59(6)82)52-69(86)25-18-13-11-12-14-19-27-73(87)79-65-50-60(53-80)49-61(51-65)54-95-77(62-23-16-15-17-24-62,63-28-32-70(88-7)33-29-63)64-30-34-71(89-8)35-31-64;2*1-8-9(2)13(15-10(3)17)14(19-6-5-16)21-12(8)7-20-11(4)18/h15-17,23-24,28-35,49-51,56-57,72,74-75,80H,9-14,18-22,25-27,36-48,52-55H2,1-8H3,(H,78,81)(H,79,87);2*8-9,12-14,16H,5-7H2,1-4H3,(H,15,17). The maximum atomic E-state index is 13.9. The smallest absolute Gasteiger partial charge is 0.302 e. The molecule has 3 aliphatic heterocycles. The summed E-state index contributed by atoms with van der Waals surface area (Å²) in [5, 5.41) is 39.8. The number of Topliss-reactive ketones (excluding diaryl/α,β-unsaturated/α-hetero) is 4. The van der Waals surface area contributed by atoms with E-state index in [0.29, 0.717) is 139 Å². The first-order chi connectivity index (χ1) is 66.1. The first-order valence-electron chi connectivity index (χ1n) is 49.2. The van der Waals surface area contributed by atoms with Crippen LogP contribution in [0, 0.1) is 40.9 Å². The molecule has 3 fully saturated rings.